The molecule has 2 rings (SSSR count). The van der Waals surface area contributed by atoms with E-state index in [1.54, 1.807) is 36.4 Å². The normalized spacial score (nSPS) is 11.3. The summed E-state index contributed by atoms with van der Waals surface area (Å²) in [7, 11) is 0. The molecule has 0 spiro atoms. The molecule has 6 nitrogen and oxygen atoms in total. The van der Waals surface area contributed by atoms with Gasteiger partial charge in [-0.2, -0.15) is 10.2 Å². The Kier molecular flexibility index (Phi) is 13.0. The van der Waals surface area contributed by atoms with Gasteiger partial charge in [0.15, 0.2) is 0 Å². The monoisotopic (exact) mass is 542 g/mol. The van der Waals surface area contributed by atoms with Crippen LogP contribution in [0.25, 0.3) is 0 Å². The lowest BCUT2D eigenvalue weighted by Crippen LogP contribution is -2.17. The minimum atomic E-state index is -0.130. The van der Waals surface area contributed by atoms with Gasteiger partial charge in [-0.1, -0.05) is 84.2 Å². The van der Waals surface area contributed by atoms with Crippen LogP contribution in [0.3, 0.4) is 0 Å². The van der Waals surface area contributed by atoms with Crippen LogP contribution in [0.1, 0.15) is 62.5 Å². The molecule has 2 N–H and O–H groups in total. The first-order valence-corrected chi connectivity index (χ1v) is 12.4. The van der Waals surface area contributed by atoms with Crippen molar-refractivity contribution in [1.82, 2.24) is 10.9 Å². The van der Waals surface area contributed by atoms with Crippen molar-refractivity contribution >= 4 is 70.6 Å². The molecule has 0 radical (unpaired) electrons. The third-order valence-corrected chi connectivity index (χ3v) is 6.23. The second-order valence-electron chi connectivity index (χ2n) is 7.55. The van der Waals surface area contributed by atoms with E-state index in [-0.39, 0.29) is 11.8 Å². The zero-order valence-electron chi connectivity index (χ0n) is 18.5. The highest BCUT2D eigenvalue weighted by atomic mass is 35.5. The van der Waals surface area contributed by atoms with E-state index in [0.29, 0.717) is 32.9 Å². The van der Waals surface area contributed by atoms with Crippen LogP contribution in [-0.2, 0) is 9.59 Å². The highest BCUT2D eigenvalue weighted by molar-refractivity contribution is 6.42. The number of hydrogen-bond donors (Lipinski definition) is 2. The Balaban J connectivity index is 1.47. The van der Waals surface area contributed by atoms with Crippen molar-refractivity contribution in [3.63, 3.8) is 0 Å². The Morgan fingerprint density at radius 3 is 1.38 bits per heavy atom. The summed E-state index contributed by atoms with van der Waals surface area (Å²) in [5, 5.41) is 9.67. The van der Waals surface area contributed by atoms with Crippen LogP contribution in [0.4, 0.5) is 0 Å². The summed E-state index contributed by atoms with van der Waals surface area (Å²) in [5.41, 5.74) is 6.52. The smallest absolute Gasteiger partial charge is 0.240 e. The van der Waals surface area contributed by atoms with Crippen molar-refractivity contribution in [3.8, 4) is 0 Å². The zero-order valence-corrected chi connectivity index (χ0v) is 21.5. The van der Waals surface area contributed by atoms with Crippen molar-refractivity contribution in [3.05, 3.63) is 67.6 Å². The van der Waals surface area contributed by atoms with Crippen molar-refractivity contribution < 1.29 is 9.59 Å². The standard InChI is InChI=1S/C24H26Cl4N4O2/c25-19-11-9-17(13-21(19)27)15-29-31-23(33)7-5-3-1-2-4-6-8-24(34)32-30-16-18-10-12-20(26)22(28)14-18/h9-16H,1-8H2,(H,31,33)(H,32,34). The molecular weight excluding hydrogens is 518 g/mol. The first kappa shape index (κ1) is 28.1. The third kappa shape index (κ3) is 11.3. The van der Waals surface area contributed by atoms with E-state index in [1.807, 2.05) is 0 Å². The molecule has 0 bridgehead atoms. The van der Waals surface area contributed by atoms with Crippen LogP contribution in [0.5, 0.6) is 0 Å². The molecule has 2 aromatic rings. The van der Waals surface area contributed by atoms with Gasteiger partial charge >= 0.3 is 0 Å². The van der Waals surface area contributed by atoms with Gasteiger partial charge in [-0.3, -0.25) is 9.59 Å². The number of benzene rings is 2. The summed E-state index contributed by atoms with van der Waals surface area (Å²) in [4.78, 5) is 23.7. The predicted octanol–water partition coefficient (Wildman–Crippen LogP) is 7.02. The fourth-order valence-electron chi connectivity index (χ4n) is 2.93. The second kappa shape index (κ2) is 15.7. The van der Waals surface area contributed by atoms with Crippen LogP contribution in [0.2, 0.25) is 20.1 Å². The maximum absolute atomic E-state index is 11.8. The van der Waals surface area contributed by atoms with Gasteiger partial charge in [-0.15, -0.1) is 0 Å². The van der Waals surface area contributed by atoms with Crippen LogP contribution in [0.15, 0.2) is 46.6 Å². The number of hydrazone groups is 2. The molecule has 0 atom stereocenters. The quantitative estimate of drug-likeness (QED) is 0.161. The number of unbranched alkanes of at least 4 members (excludes halogenated alkanes) is 5. The van der Waals surface area contributed by atoms with Gasteiger partial charge in [0, 0.05) is 12.8 Å². The van der Waals surface area contributed by atoms with E-state index in [1.165, 1.54) is 12.4 Å². The molecule has 0 aromatic heterocycles. The summed E-state index contributed by atoms with van der Waals surface area (Å²) in [6.45, 7) is 0. The lowest BCUT2D eigenvalue weighted by atomic mass is 10.1. The Hall–Kier alpha value is -2.12. The summed E-state index contributed by atoms with van der Waals surface area (Å²) in [6.07, 6.45) is 9.37. The van der Waals surface area contributed by atoms with Crippen LogP contribution >= 0.6 is 46.4 Å². The maximum Gasteiger partial charge on any atom is 0.240 e. The fourth-order valence-corrected chi connectivity index (χ4v) is 3.55. The number of nitrogens with one attached hydrogen (secondary N) is 2. The minimum Gasteiger partial charge on any atom is -0.273 e. The lowest BCUT2D eigenvalue weighted by molar-refractivity contribution is -0.122. The van der Waals surface area contributed by atoms with Crippen LogP contribution in [0, 0.1) is 0 Å². The molecule has 0 saturated heterocycles. The van der Waals surface area contributed by atoms with Crippen molar-refractivity contribution in [2.45, 2.75) is 51.4 Å². The molecule has 182 valence electrons. The molecule has 0 aliphatic heterocycles. The lowest BCUT2D eigenvalue weighted by Gasteiger charge is -2.03. The molecule has 0 fully saturated rings. The number of nitrogens with zero attached hydrogens (tertiary/aromatic N) is 2. The fraction of sp³-hybridized carbons (Fsp3) is 0.333. The number of rotatable bonds is 13. The predicted molar refractivity (Wildman–Crippen MR) is 141 cm³/mol. The minimum absolute atomic E-state index is 0.130. The average Bonchev–Trinajstić information content (AvgIpc) is 2.80. The highest BCUT2D eigenvalue weighted by Gasteiger charge is 2.02. The molecule has 0 aliphatic rings. The Bertz CT molecular complexity index is 947. The van der Waals surface area contributed by atoms with Crippen molar-refractivity contribution in [1.29, 1.82) is 0 Å². The molecule has 0 saturated carbocycles. The topological polar surface area (TPSA) is 82.9 Å². The highest BCUT2D eigenvalue weighted by Crippen LogP contribution is 2.22. The maximum atomic E-state index is 11.8. The molecular formula is C24H26Cl4N4O2. The molecule has 2 amide bonds. The Morgan fingerprint density at radius 2 is 1.00 bits per heavy atom. The van der Waals surface area contributed by atoms with Crippen molar-refractivity contribution in [2.24, 2.45) is 10.2 Å². The van der Waals surface area contributed by atoms with E-state index in [2.05, 4.69) is 21.1 Å². The van der Waals surface area contributed by atoms with Gasteiger partial charge in [-0.25, -0.2) is 10.9 Å². The number of carbonyl (C=O) groups excluding carboxylic acids is 2. The Labute approximate surface area is 219 Å². The van der Waals surface area contributed by atoms with Gasteiger partial charge < -0.3 is 0 Å². The van der Waals surface area contributed by atoms with Crippen LogP contribution in [-0.4, -0.2) is 24.2 Å². The molecule has 2 aromatic carbocycles. The van der Waals surface area contributed by atoms with Gasteiger partial charge in [-0.05, 0) is 48.2 Å². The SMILES string of the molecule is O=C(CCCCCCCCC(=O)NN=Cc1ccc(Cl)c(Cl)c1)NN=Cc1ccc(Cl)c(Cl)c1. The number of carbonyl (C=O) groups is 2. The number of halogens is 4. The summed E-state index contributed by atoms with van der Waals surface area (Å²) in [6, 6.07) is 10.2. The molecule has 0 heterocycles. The number of hydrogen-bond acceptors (Lipinski definition) is 4. The molecule has 10 heteroatoms. The summed E-state index contributed by atoms with van der Waals surface area (Å²) >= 11 is 23.6. The van der Waals surface area contributed by atoms with Gasteiger partial charge in [0.25, 0.3) is 0 Å². The summed E-state index contributed by atoms with van der Waals surface area (Å²) < 4.78 is 0. The third-order valence-electron chi connectivity index (χ3n) is 4.75. The molecule has 34 heavy (non-hydrogen) atoms. The first-order valence-electron chi connectivity index (χ1n) is 10.9. The average molecular weight is 544 g/mol. The largest absolute Gasteiger partial charge is 0.273 e. The molecule has 0 unspecified atom stereocenters. The van der Waals surface area contributed by atoms with Crippen molar-refractivity contribution in [2.75, 3.05) is 0 Å². The van der Waals surface area contributed by atoms with Gasteiger partial charge in [0.1, 0.15) is 0 Å². The number of amides is 2. The summed E-state index contributed by atoms with van der Waals surface area (Å²) in [5.74, 6) is -0.260. The second-order valence-corrected chi connectivity index (χ2v) is 9.18. The molecule has 0 aliphatic carbocycles. The zero-order chi connectivity index (χ0) is 24.8. The van der Waals surface area contributed by atoms with E-state index in [9.17, 15) is 9.59 Å². The van der Waals surface area contributed by atoms with E-state index in [0.717, 1.165) is 49.7 Å². The van der Waals surface area contributed by atoms with E-state index < -0.39 is 0 Å². The van der Waals surface area contributed by atoms with Gasteiger partial charge in [0.2, 0.25) is 11.8 Å². The van der Waals surface area contributed by atoms with Gasteiger partial charge in [0.05, 0.1) is 32.5 Å². The first-order chi connectivity index (χ1) is 16.3. The van der Waals surface area contributed by atoms with E-state index in [4.69, 9.17) is 46.4 Å². The Morgan fingerprint density at radius 1 is 0.618 bits per heavy atom. The van der Waals surface area contributed by atoms with E-state index >= 15 is 0 Å². The van der Waals surface area contributed by atoms with Crippen LogP contribution < -0.4 is 10.9 Å².